The Hall–Kier alpha value is -2.78. The Balaban J connectivity index is 1.80. The van der Waals surface area contributed by atoms with Crippen LogP contribution in [0, 0.1) is 6.92 Å². The van der Waals surface area contributed by atoms with E-state index in [2.05, 4.69) is 20.2 Å². The number of sulfonamides is 1. The van der Waals surface area contributed by atoms with Gasteiger partial charge in [0.1, 0.15) is 0 Å². The van der Waals surface area contributed by atoms with Crippen molar-refractivity contribution in [3.8, 4) is 0 Å². The van der Waals surface area contributed by atoms with Crippen LogP contribution in [0.15, 0.2) is 52.9 Å². The van der Waals surface area contributed by atoms with Crippen molar-refractivity contribution in [3.05, 3.63) is 65.2 Å². The molecular weight excluding hydrogens is 384 g/mol. The van der Waals surface area contributed by atoms with Crippen LogP contribution in [0.3, 0.4) is 0 Å². The first-order chi connectivity index (χ1) is 12.9. The zero-order chi connectivity index (χ0) is 19.4. The lowest BCUT2D eigenvalue weighted by Crippen LogP contribution is -2.15. The number of hydrogen-bond donors (Lipinski definition) is 2. The number of para-hydroxylation sites is 1. The molecule has 3 rings (SSSR count). The van der Waals surface area contributed by atoms with Crippen LogP contribution >= 0.6 is 11.3 Å². The topological polar surface area (TPSA) is 101 Å². The van der Waals surface area contributed by atoms with Crippen LogP contribution in [-0.2, 0) is 16.4 Å². The number of amides is 1. The van der Waals surface area contributed by atoms with Gasteiger partial charge in [-0.25, -0.2) is 0 Å². The fourth-order valence-corrected chi connectivity index (χ4v) is 4.54. The number of rotatable bonds is 6. The van der Waals surface area contributed by atoms with Crippen molar-refractivity contribution in [1.82, 2.24) is 10.2 Å². The summed E-state index contributed by atoms with van der Waals surface area (Å²) >= 11 is 0.797. The lowest BCUT2D eigenvalue weighted by Gasteiger charge is -2.12. The highest BCUT2D eigenvalue weighted by Crippen LogP contribution is 2.27. The lowest BCUT2D eigenvalue weighted by molar-refractivity contribution is 0.102. The number of benzene rings is 2. The van der Waals surface area contributed by atoms with Gasteiger partial charge in [-0.1, -0.05) is 54.7 Å². The van der Waals surface area contributed by atoms with Gasteiger partial charge in [0.2, 0.25) is 5.13 Å². The molecule has 0 radical (unpaired) electrons. The number of hydrogen-bond acceptors (Lipinski definition) is 6. The second kappa shape index (κ2) is 7.85. The van der Waals surface area contributed by atoms with Gasteiger partial charge in [-0.3, -0.25) is 14.8 Å². The fourth-order valence-electron chi connectivity index (χ4n) is 2.47. The summed E-state index contributed by atoms with van der Waals surface area (Å²) in [4.78, 5) is 12.2. The van der Waals surface area contributed by atoms with Gasteiger partial charge in [-0.05, 0) is 36.6 Å². The second-order valence-corrected chi connectivity index (χ2v) is 8.59. The van der Waals surface area contributed by atoms with Gasteiger partial charge in [-0.15, -0.1) is 10.2 Å². The Morgan fingerprint density at radius 3 is 2.52 bits per heavy atom. The van der Waals surface area contributed by atoms with E-state index < -0.39 is 10.0 Å². The maximum Gasteiger partial charge on any atom is 0.291 e. The Morgan fingerprint density at radius 2 is 1.81 bits per heavy atom. The normalized spacial score (nSPS) is 11.2. The van der Waals surface area contributed by atoms with E-state index in [0.717, 1.165) is 22.5 Å². The van der Waals surface area contributed by atoms with Crippen molar-refractivity contribution in [3.63, 3.8) is 0 Å². The largest absolute Gasteiger partial charge is 0.296 e. The summed E-state index contributed by atoms with van der Waals surface area (Å²) in [6, 6.07) is 14.2. The van der Waals surface area contributed by atoms with Crippen molar-refractivity contribution < 1.29 is 13.2 Å². The standard InChI is InChI=1S/C18H18N4O3S2/c1-3-13-11-7-8-12(2)15(13)22-27(24,25)18-21-20-17(26-18)19-16(23)14-9-5-4-6-10-14/h4-11,22H,3H2,1-2H3,(H,19,20,23). The van der Waals surface area contributed by atoms with Gasteiger partial charge in [-0.2, -0.15) is 8.42 Å². The van der Waals surface area contributed by atoms with Gasteiger partial charge >= 0.3 is 0 Å². The number of nitrogens with zero attached hydrogens (tertiary/aromatic N) is 2. The fraction of sp³-hybridized carbons (Fsp3) is 0.167. The molecule has 0 aliphatic rings. The summed E-state index contributed by atoms with van der Waals surface area (Å²) in [5, 5.41) is 10.2. The van der Waals surface area contributed by atoms with Crippen LogP contribution in [0.25, 0.3) is 0 Å². The molecule has 3 aromatic rings. The summed E-state index contributed by atoms with van der Waals surface area (Å²) in [7, 11) is -3.90. The van der Waals surface area contributed by atoms with Gasteiger partial charge in [0.25, 0.3) is 20.3 Å². The smallest absolute Gasteiger partial charge is 0.291 e. The highest BCUT2D eigenvalue weighted by atomic mass is 32.2. The number of anilines is 2. The van der Waals surface area contributed by atoms with Crippen LogP contribution in [0.2, 0.25) is 0 Å². The van der Waals surface area contributed by atoms with Crippen molar-refractivity contribution in [2.24, 2.45) is 0 Å². The third-order valence-corrected chi connectivity index (χ3v) is 6.43. The van der Waals surface area contributed by atoms with Gasteiger partial charge < -0.3 is 0 Å². The van der Waals surface area contributed by atoms with Gasteiger partial charge in [0, 0.05) is 5.56 Å². The number of aromatic nitrogens is 2. The maximum absolute atomic E-state index is 12.7. The van der Waals surface area contributed by atoms with Crippen molar-refractivity contribution in [2.45, 2.75) is 24.6 Å². The molecule has 0 aliphatic heterocycles. The summed E-state index contributed by atoms with van der Waals surface area (Å²) in [5.41, 5.74) is 2.70. The van der Waals surface area contributed by atoms with Crippen LogP contribution in [0.5, 0.6) is 0 Å². The summed E-state index contributed by atoms with van der Waals surface area (Å²) < 4.78 is 27.7. The average molecular weight is 403 g/mol. The van der Waals surface area contributed by atoms with Crippen LogP contribution < -0.4 is 10.0 Å². The highest BCUT2D eigenvalue weighted by molar-refractivity contribution is 7.94. The van der Waals surface area contributed by atoms with Crippen molar-refractivity contribution >= 4 is 38.1 Å². The number of nitrogens with one attached hydrogen (secondary N) is 2. The molecule has 1 heterocycles. The monoisotopic (exact) mass is 402 g/mol. The Labute approximate surface area is 161 Å². The SMILES string of the molecule is CCc1cccc(C)c1NS(=O)(=O)c1nnc(NC(=O)c2ccccc2)s1. The second-order valence-electron chi connectivity index (χ2n) is 5.76. The Kier molecular flexibility index (Phi) is 5.52. The van der Waals surface area contributed by atoms with E-state index in [9.17, 15) is 13.2 Å². The van der Waals surface area contributed by atoms with E-state index in [0.29, 0.717) is 17.7 Å². The summed E-state index contributed by atoms with van der Waals surface area (Å²) in [6.07, 6.45) is 0.689. The Morgan fingerprint density at radius 1 is 1.07 bits per heavy atom. The predicted octanol–water partition coefficient (Wildman–Crippen LogP) is 3.46. The van der Waals surface area contributed by atoms with Gasteiger partial charge in [0.15, 0.2) is 0 Å². The van der Waals surface area contributed by atoms with Crippen LogP contribution in [-0.4, -0.2) is 24.5 Å². The molecule has 1 aromatic heterocycles. The minimum Gasteiger partial charge on any atom is -0.296 e. The first kappa shape index (κ1) is 19.0. The van der Waals surface area contributed by atoms with E-state index in [1.165, 1.54) is 0 Å². The zero-order valence-electron chi connectivity index (χ0n) is 14.8. The molecular formula is C18H18N4O3S2. The van der Waals surface area contributed by atoms with Crippen LogP contribution in [0.1, 0.15) is 28.4 Å². The quantitative estimate of drug-likeness (QED) is 0.615. The number of aryl methyl sites for hydroxylation is 2. The Bertz CT molecular complexity index is 1060. The average Bonchev–Trinajstić information content (AvgIpc) is 3.13. The molecule has 0 saturated heterocycles. The molecule has 0 aliphatic carbocycles. The molecule has 0 atom stereocenters. The summed E-state index contributed by atoms with van der Waals surface area (Å²) in [5.74, 6) is -0.379. The van der Waals surface area contributed by atoms with E-state index >= 15 is 0 Å². The third-order valence-electron chi connectivity index (χ3n) is 3.87. The lowest BCUT2D eigenvalue weighted by atomic mass is 10.1. The number of carbonyl (C=O) groups is 1. The molecule has 2 aromatic carbocycles. The van der Waals surface area contributed by atoms with E-state index in [1.807, 2.05) is 32.0 Å². The molecule has 9 heteroatoms. The first-order valence-corrected chi connectivity index (χ1v) is 10.5. The molecule has 2 N–H and O–H groups in total. The molecule has 0 bridgehead atoms. The molecule has 0 spiro atoms. The van der Waals surface area contributed by atoms with E-state index in [4.69, 9.17) is 0 Å². The van der Waals surface area contributed by atoms with Crippen molar-refractivity contribution in [1.29, 1.82) is 0 Å². The minimum absolute atomic E-state index is 0.115. The minimum atomic E-state index is -3.90. The highest BCUT2D eigenvalue weighted by Gasteiger charge is 2.23. The summed E-state index contributed by atoms with van der Waals surface area (Å²) in [6.45, 7) is 3.79. The van der Waals surface area contributed by atoms with Crippen LogP contribution in [0.4, 0.5) is 10.8 Å². The molecule has 7 nitrogen and oxygen atoms in total. The predicted molar refractivity (Wildman–Crippen MR) is 106 cm³/mol. The molecule has 0 unspecified atom stereocenters. The van der Waals surface area contributed by atoms with E-state index in [1.54, 1.807) is 30.3 Å². The van der Waals surface area contributed by atoms with Gasteiger partial charge in [0.05, 0.1) is 5.69 Å². The molecule has 0 fully saturated rings. The third kappa shape index (κ3) is 4.32. The zero-order valence-corrected chi connectivity index (χ0v) is 16.4. The molecule has 27 heavy (non-hydrogen) atoms. The van der Waals surface area contributed by atoms with Crippen molar-refractivity contribution in [2.75, 3.05) is 10.0 Å². The number of carbonyl (C=O) groups excluding carboxylic acids is 1. The molecule has 0 saturated carbocycles. The maximum atomic E-state index is 12.7. The molecule has 140 valence electrons. The molecule has 1 amide bonds. The first-order valence-electron chi connectivity index (χ1n) is 8.22. The van der Waals surface area contributed by atoms with E-state index in [-0.39, 0.29) is 15.4 Å².